The number of benzene rings is 2. The van der Waals surface area contributed by atoms with Crippen LogP contribution in [0.1, 0.15) is 59.9 Å². The Labute approximate surface area is 223 Å². The number of rotatable bonds is 5. The van der Waals surface area contributed by atoms with Crippen LogP contribution in [0.15, 0.2) is 59.7 Å². The van der Waals surface area contributed by atoms with E-state index in [1.54, 1.807) is 30.6 Å². The molecule has 3 heterocycles. The van der Waals surface area contributed by atoms with E-state index in [0.717, 1.165) is 27.6 Å². The molecule has 9 heteroatoms. The van der Waals surface area contributed by atoms with E-state index in [1.807, 2.05) is 52.0 Å². The van der Waals surface area contributed by atoms with Crippen molar-refractivity contribution in [1.82, 2.24) is 24.9 Å². The molecule has 0 aliphatic carbocycles. The van der Waals surface area contributed by atoms with Crippen LogP contribution in [0.25, 0.3) is 27.7 Å². The Hall–Kier alpha value is -3.68. The molecule has 0 aliphatic rings. The summed E-state index contributed by atoms with van der Waals surface area (Å²) in [4.78, 5) is 34.2. The van der Waals surface area contributed by atoms with E-state index in [1.165, 1.54) is 4.52 Å². The molecule has 0 saturated carbocycles. The number of nitrogens with one attached hydrogen (secondary N) is 2. The van der Waals surface area contributed by atoms with E-state index in [-0.39, 0.29) is 17.2 Å². The van der Waals surface area contributed by atoms with Crippen molar-refractivity contribution in [1.29, 1.82) is 0 Å². The molecule has 3 aromatic heterocycles. The van der Waals surface area contributed by atoms with Crippen LogP contribution in [0.5, 0.6) is 0 Å². The normalized spacial score (nSPS) is 12.4. The fourth-order valence-electron chi connectivity index (χ4n) is 4.60. The highest BCUT2D eigenvalue weighted by molar-refractivity contribution is 6.35. The van der Waals surface area contributed by atoms with Gasteiger partial charge in [-0.15, -0.1) is 0 Å². The second-order valence-electron chi connectivity index (χ2n) is 9.43. The second kappa shape index (κ2) is 9.65. The van der Waals surface area contributed by atoms with Gasteiger partial charge >= 0.3 is 0 Å². The van der Waals surface area contributed by atoms with Gasteiger partial charge in [0.15, 0.2) is 5.69 Å². The van der Waals surface area contributed by atoms with E-state index < -0.39 is 11.9 Å². The number of halogens is 2. The molecule has 2 N–H and O–H groups in total. The highest BCUT2D eigenvalue weighted by Crippen LogP contribution is 2.29. The number of pyridine rings is 1. The summed E-state index contributed by atoms with van der Waals surface area (Å²) in [5.41, 5.74) is 4.79. The molecule has 1 unspecified atom stereocenters. The van der Waals surface area contributed by atoms with Crippen LogP contribution in [0.2, 0.25) is 10.0 Å². The Kier molecular flexibility index (Phi) is 6.52. The maximum Gasteiger partial charge on any atom is 0.274 e. The van der Waals surface area contributed by atoms with Crippen molar-refractivity contribution in [3.8, 4) is 11.3 Å². The number of amides is 1. The van der Waals surface area contributed by atoms with Crippen LogP contribution in [0.4, 0.5) is 0 Å². The zero-order chi connectivity index (χ0) is 26.4. The van der Waals surface area contributed by atoms with E-state index in [4.69, 9.17) is 23.2 Å². The van der Waals surface area contributed by atoms with Crippen molar-refractivity contribution in [2.24, 2.45) is 0 Å². The lowest BCUT2D eigenvalue weighted by atomic mass is 10.0. The van der Waals surface area contributed by atoms with Crippen LogP contribution in [0, 0.1) is 6.92 Å². The zero-order valence-corrected chi connectivity index (χ0v) is 22.3. The number of H-pyrrole nitrogens is 1. The van der Waals surface area contributed by atoms with Gasteiger partial charge < -0.3 is 10.3 Å². The van der Waals surface area contributed by atoms with Gasteiger partial charge in [-0.25, -0.2) is 4.52 Å². The fraction of sp³-hybridized carbons (Fsp3) is 0.214. The summed E-state index contributed by atoms with van der Waals surface area (Å²) in [6.07, 6.45) is 3.44. The van der Waals surface area contributed by atoms with Gasteiger partial charge in [0.1, 0.15) is 5.52 Å². The Bertz CT molecular complexity index is 1740. The average Bonchev–Trinajstić information content (AvgIpc) is 3.25. The molecule has 2 aromatic carbocycles. The first kappa shape index (κ1) is 25.0. The smallest absolute Gasteiger partial charge is 0.274 e. The first-order valence-electron chi connectivity index (χ1n) is 11.9. The quantitative estimate of drug-likeness (QED) is 0.271. The highest BCUT2D eigenvalue weighted by Gasteiger charge is 2.25. The van der Waals surface area contributed by atoms with Gasteiger partial charge in [0.2, 0.25) is 0 Å². The number of nitrogens with zero attached hydrogens (tertiary/aromatic N) is 3. The molecule has 5 aromatic rings. The third-order valence-corrected chi connectivity index (χ3v) is 7.05. The maximum atomic E-state index is 13.4. The molecule has 37 heavy (non-hydrogen) atoms. The molecule has 0 aliphatic heterocycles. The Balaban J connectivity index is 1.57. The molecular formula is C28H25Cl2N5O2. The number of carbonyl (C=O) groups is 1. The molecule has 188 valence electrons. The number of aryl methyl sites for hydroxylation is 1. The third-order valence-electron chi connectivity index (χ3n) is 6.49. The van der Waals surface area contributed by atoms with Crippen molar-refractivity contribution < 1.29 is 4.79 Å². The summed E-state index contributed by atoms with van der Waals surface area (Å²) in [5.74, 6) is -0.514. The van der Waals surface area contributed by atoms with E-state index in [2.05, 4.69) is 20.4 Å². The molecule has 7 nitrogen and oxygen atoms in total. The van der Waals surface area contributed by atoms with Crippen LogP contribution in [-0.4, -0.2) is 25.5 Å². The highest BCUT2D eigenvalue weighted by atomic mass is 35.5. The summed E-state index contributed by atoms with van der Waals surface area (Å²) in [6.45, 7) is 7.70. The predicted octanol–water partition coefficient (Wildman–Crippen LogP) is 6.47. The van der Waals surface area contributed by atoms with E-state index >= 15 is 0 Å². The predicted molar refractivity (Wildman–Crippen MR) is 148 cm³/mol. The van der Waals surface area contributed by atoms with Gasteiger partial charge in [0.25, 0.3) is 11.5 Å². The minimum absolute atomic E-state index is 0.121. The number of hydrogen-bond acceptors (Lipinski definition) is 4. The average molecular weight is 534 g/mol. The van der Waals surface area contributed by atoms with Gasteiger partial charge in [-0.3, -0.25) is 14.6 Å². The monoisotopic (exact) mass is 533 g/mol. The lowest BCUT2D eigenvalue weighted by molar-refractivity contribution is 0.0933. The topological polar surface area (TPSA) is 92.2 Å². The Morgan fingerprint density at radius 3 is 2.62 bits per heavy atom. The van der Waals surface area contributed by atoms with Crippen LogP contribution < -0.4 is 10.9 Å². The third kappa shape index (κ3) is 4.61. The molecular weight excluding hydrogens is 509 g/mol. The molecule has 5 rings (SSSR count). The number of hydrogen-bond donors (Lipinski definition) is 2. The van der Waals surface area contributed by atoms with Crippen molar-refractivity contribution in [2.75, 3.05) is 0 Å². The number of carbonyl (C=O) groups excluding carboxylic acids is 1. The molecule has 1 amide bonds. The minimum Gasteiger partial charge on any atom is -0.344 e. The molecule has 0 radical (unpaired) electrons. The minimum atomic E-state index is -0.400. The summed E-state index contributed by atoms with van der Waals surface area (Å²) < 4.78 is 1.49. The standard InChI is InChI=1S/C28H25Cl2N5O2/c1-14(2)24-25(27(36)32-16(4)19-9-8-18(29)11-21(19)30)34-35-13-23(33-28(37)26(24)35)17-10-20-15(3)6-5-7-22(20)31-12-17/h5-14,16H,1-4H3,(H,32,36)(H,33,37). The molecule has 0 spiro atoms. The SMILES string of the molecule is Cc1cccc2ncc(-c3cn4nc(C(=O)NC(C)c5ccc(Cl)cc5Cl)c(C(C)C)c4c(=O)[nH]3)cc12. The van der Waals surface area contributed by atoms with Gasteiger partial charge in [-0.1, -0.05) is 55.2 Å². The van der Waals surface area contributed by atoms with Crippen LogP contribution in [0.3, 0.4) is 0 Å². The first-order chi connectivity index (χ1) is 17.6. The molecule has 0 bridgehead atoms. The maximum absolute atomic E-state index is 13.4. The van der Waals surface area contributed by atoms with Crippen molar-refractivity contribution in [3.05, 3.63) is 97.6 Å². The van der Waals surface area contributed by atoms with Crippen LogP contribution >= 0.6 is 23.2 Å². The van der Waals surface area contributed by atoms with E-state index in [0.29, 0.717) is 26.8 Å². The second-order valence-corrected chi connectivity index (χ2v) is 10.3. The number of aromatic amines is 1. The van der Waals surface area contributed by atoms with Crippen molar-refractivity contribution >= 4 is 45.5 Å². The Morgan fingerprint density at radius 1 is 1.11 bits per heavy atom. The molecule has 0 saturated heterocycles. The summed E-state index contributed by atoms with van der Waals surface area (Å²) in [7, 11) is 0. The first-order valence-corrected chi connectivity index (χ1v) is 12.7. The summed E-state index contributed by atoms with van der Waals surface area (Å²) in [5, 5.41) is 9.48. The summed E-state index contributed by atoms with van der Waals surface area (Å²) in [6, 6.07) is 12.7. The molecule has 1 atom stereocenters. The van der Waals surface area contributed by atoms with Crippen LogP contribution in [-0.2, 0) is 0 Å². The van der Waals surface area contributed by atoms with Gasteiger partial charge in [-0.05, 0) is 55.2 Å². The van der Waals surface area contributed by atoms with Gasteiger partial charge in [0.05, 0.1) is 23.4 Å². The van der Waals surface area contributed by atoms with Crippen molar-refractivity contribution in [2.45, 2.75) is 39.7 Å². The lowest BCUT2D eigenvalue weighted by Crippen LogP contribution is -2.28. The van der Waals surface area contributed by atoms with Gasteiger partial charge in [-0.2, -0.15) is 5.10 Å². The largest absolute Gasteiger partial charge is 0.344 e. The fourth-order valence-corrected chi connectivity index (χ4v) is 5.18. The molecule has 0 fully saturated rings. The summed E-state index contributed by atoms with van der Waals surface area (Å²) >= 11 is 12.3. The number of aromatic nitrogens is 4. The number of fused-ring (bicyclic) bond motifs is 2. The van der Waals surface area contributed by atoms with Crippen molar-refractivity contribution in [3.63, 3.8) is 0 Å². The lowest BCUT2D eigenvalue weighted by Gasteiger charge is -2.16. The Morgan fingerprint density at radius 2 is 1.89 bits per heavy atom. The van der Waals surface area contributed by atoms with Gasteiger partial charge in [0, 0.05) is 32.8 Å². The van der Waals surface area contributed by atoms with E-state index in [9.17, 15) is 9.59 Å². The zero-order valence-electron chi connectivity index (χ0n) is 20.8.